The van der Waals surface area contributed by atoms with Gasteiger partial charge in [0.05, 0.1) is 11.1 Å². The molecule has 0 aliphatic carbocycles. The van der Waals surface area contributed by atoms with Crippen molar-refractivity contribution in [2.24, 2.45) is 0 Å². The third kappa shape index (κ3) is 4.98. The summed E-state index contributed by atoms with van der Waals surface area (Å²) >= 11 is 0. The van der Waals surface area contributed by atoms with Gasteiger partial charge >= 0.3 is 11.9 Å². The lowest BCUT2D eigenvalue weighted by Crippen LogP contribution is -2.08. The molecule has 0 heterocycles. The maximum atomic E-state index is 11.9. The minimum Gasteiger partial charge on any atom is -0.489 e. The minimum absolute atomic E-state index is 0.103. The monoisotopic (exact) mass is 418 g/mol. The van der Waals surface area contributed by atoms with Crippen molar-refractivity contribution in [3.8, 4) is 16.9 Å². The molecular formula is C25H22O6. The van der Waals surface area contributed by atoms with Gasteiger partial charge in [-0.3, -0.25) is 4.79 Å². The average molecular weight is 418 g/mol. The van der Waals surface area contributed by atoms with Crippen molar-refractivity contribution in [3.63, 3.8) is 0 Å². The molecule has 0 fully saturated rings. The standard InChI is InChI=1S/C25H22O6/c1-3-23(26)18-7-9-20(15(2)11-18)17-6-4-5-16(12-17)14-31-19-8-10-21(24(27)28)22(13-19)25(29)30/h4-13H,3,14H2,1-2H3,(H,27,28)(H,29,30). The second kappa shape index (κ2) is 9.26. The predicted molar refractivity (Wildman–Crippen MR) is 116 cm³/mol. The summed E-state index contributed by atoms with van der Waals surface area (Å²) < 4.78 is 5.70. The van der Waals surface area contributed by atoms with Gasteiger partial charge in [0.2, 0.25) is 0 Å². The van der Waals surface area contributed by atoms with Crippen LogP contribution in [0.2, 0.25) is 0 Å². The Morgan fingerprint density at radius 2 is 1.61 bits per heavy atom. The van der Waals surface area contributed by atoms with Crippen LogP contribution >= 0.6 is 0 Å². The number of ketones is 1. The SMILES string of the molecule is CCC(=O)c1ccc(-c2cccc(COc3ccc(C(=O)O)c(C(=O)O)c3)c2)c(C)c1. The normalized spacial score (nSPS) is 10.5. The van der Waals surface area contributed by atoms with E-state index in [0.29, 0.717) is 12.0 Å². The Labute approximate surface area is 179 Å². The second-order valence-corrected chi connectivity index (χ2v) is 7.11. The molecule has 6 heteroatoms. The number of carbonyl (C=O) groups excluding carboxylic acids is 1. The number of aromatic carboxylic acids is 2. The predicted octanol–water partition coefficient (Wildman–Crippen LogP) is 5.23. The molecule has 0 unspecified atom stereocenters. The highest BCUT2D eigenvalue weighted by molar-refractivity contribution is 6.02. The Morgan fingerprint density at radius 3 is 2.26 bits per heavy atom. The van der Waals surface area contributed by atoms with E-state index in [-0.39, 0.29) is 29.3 Å². The first-order chi connectivity index (χ1) is 14.8. The van der Waals surface area contributed by atoms with Crippen LogP contribution in [0, 0.1) is 6.92 Å². The Hall–Kier alpha value is -3.93. The molecule has 0 bridgehead atoms. The summed E-state index contributed by atoms with van der Waals surface area (Å²) in [5.74, 6) is -2.26. The van der Waals surface area contributed by atoms with Crippen molar-refractivity contribution < 1.29 is 29.3 Å². The van der Waals surface area contributed by atoms with Crippen molar-refractivity contribution in [3.05, 3.63) is 88.5 Å². The van der Waals surface area contributed by atoms with Gasteiger partial charge in [-0.05, 0) is 59.5 Å². The van der Waals surface area contributed by atoms with Gasteiger partial charge in [-0.25, -0.2) is 9.59 Å². The summed E-state index contributed by atoms with van der Waals surface area (Å²) in [5, 5.41) is 18.4. The van der Waals surface area contributed by atoms with E-state index in [1.807, 2.05) is 56.3 Å². The fraction of sp³-hybridized carbons (Fsp3) is 0.160. The summed E-state index contributed by atoms with van der Waals surface area (Å²) in [4.78, 5) is 34.4. The zero-order valence-corrected chi connectivity index (χ0v) is 17.2. The van der Waals surface area contributed by atoms with Crippen molar-refractivity contribution in [1.29, 1.82) is 0 Å². The van der Waals surface area contributed by atoms with Crippen LogP contribution in [0.15, 0.2) is 60.7 Å². The minimum atomic E-state index is -1.33. The quantitative estimate of drug-likeness (QED) is 0.486. The summed E-state index contributed by atoms with van der Waals surface area (Å²) in [6, 6.07) is 17.2. The largest absolute Gasteiger partial charge is 0.489 e. The summed E-state index contributed by atoms with van der Waals surface area (Å²) in [6.45, 7) is 3.98. The van der Waals surface area contributed by atoms with E-state index in [4.69, 9.17) is 9.84 Å². The number of hydrogen-bond acceptors (Lipinski definition) is 4. The lowest BCUT2D eigenvalue weighted by Gasteiger charge is -2.12. The average Bonchev–Trinajstić information content (AvgIpc) is 2.76. The Kier molecular flexibility index (Phi) is 6.50. The molecule has 0 amide bonds. The van der Waals surface area contributed by atoms with E-state index in [0.717, 1.165) is 22.3 Å². The summed E-state index contributed by atoms with van der Waals surface area (Å²) in [5.41, 5.74) is 3.92. The Morgan fingerprint density at radius 1 is 0.871 bits per heavy atom. The summed E-state index contributed by atoms with van der Waals surface area (Å²) in [7, 11) is 0. The van der Waals surface area contributed by atoms with Gasteiger partial charge < -0.3 is 14.9 Å². The number of ether oxygens (including phenoxy) is 1. The van der Waals surface area contributed by atoms with Gasteiger partial charge in [0.1, 0.15) is 12.4 Å². The third-order valence-electron chi connectivity index (χ3n) is 4.96. The molecule has 31 heavy (non-hydrogen) atoms. The number of carbonyl (C=O) groups is 3. The molecule has 0 atom stereocenters. The molecule has 0 saturated carbocycles. The number of rotatable bonds is 8. The van der Waals surface area contributed by atoms with Crippen LogP contribution in [0.3, 0.4) is 0 Å². The van der Waals surface area contributed by atoms with Crippen LogP contribution in [0.4, 0.5) is 0 Å². The number of carboxylic acids is 2. The zero-order valence-electron chi connectivity index (χ0n) is 17.2. The van der Waals surface area contributed by atoms with E-state index >= 15 is 0 Å². The molecule has 0 aliphatic heterocycles. The first-order valence-corrected chi connectivity index (χ1v) is 9.76. The van der Waals surface area contributed by atoms with E-state index < -0.39 is 11.9 Å². The number of aryl methyl sites for hydroxylation is 1. The molecule has 2 N–H and O–H groups in total. The molecule has 0 spiro atoms. The lowest BCUT2D eigenvalue weighted by molar-refractivity contribution is 0.0651. The van der Waals surface area contributed by atoms with Crippen molar-refractivity contribution in [1.82, 2.24) is 0 Å². The van der Waals surface area contributed by atoms with Crippen LogP contribution in [0.25, 0.3) is 11.1 Å². The van der Waals surface area contributed by atoms with Crippen LogP contribution in [0.5, 0.6) is 5.75 Å². The van der Waals surface area contributed by atoms with Crippen LogP contribution < -0.4 is 4.74 Å². The first-order valence-electron chi connectivity index (χ1n) is 9.76. The van der Waals surface area contributed by atoms with Gasteiger partial charge in [0.15, 0.2) is 5.78 Å². The maximum absolute atomic E-state index is 11.9. The molecule has 158 valence electrons. The first kappa shape index (κ1) is 21.8. The molecule has 3 aromatic carbocycles. The zero-order chi connectivity index (χ0) is 22.5. The number of hydrogen-bond donors (Lipinski definition) is 2. The van der Waals surface area contributed by atoms with Crippen molar-refractivity contribution in [2.45, 2.75) is 26.9 Å². The van der Waals surface area contributed by atoms with Gasteiger partial charge in [-0.1, -0.05) is 37.3 Å². The smallest absolute Gasteiger partial charge is 0.336 e. The van der Waals surface area contributed by atoms with Gasteiger partial charge in [0.25, 0.3) is 0 Å². The van der Waals surface area contributed by atoms with E-state index in [2.05, 4.69) is 0 Å². The molecule has 0 aliphatic rings. The third-order valence-corrected chi connectivity index (χ3v) is 4.96. The molecule has 3 rings (SSSR count). The lowest BCUT2D eigenvalue weighted by atomic mass is 9.96. The number of Topliss-reactive ketones (excluding diaryl/α,β-unsaturated/α-hetero) is 1. The highest BCUT2D eigenvalue weighted by Crippen LogP contribution is 2.26. The summed E-state index contributed by atoms with van der Waals surface area (Å²) in [6.07, 6.45) is 0.461. The Bertz CT molecular complexity index is 1160. The number of benzene rings is 3. The molecule has 0 aromatic heterocycles. The second-order valence-electron chi connectivity index (χ2n) is 7.11. The van der Waals surface area contributed by atoms with Crippen LogP contribution in [0.1, 0.15) is 55.5 Å². The molecule has 0 saturated heterocycles. The highest BCUT2D eigenvalue weighted by Gasteiger charge is 2.17. The van der Waals surface area contributed by atoms with E-state index in [9.17, 15) is 19.5 Å². The van der Waals surface area contributed by atoms with Gasteiger partial charge in [-0.2, -0.15) is 0 Å². The molecular weight excluding hydrogens is 396 g/mol. The van der Waals surface area contributed by atoms with Crippen molar-refractivity contribution >= 4 is 17.7 Å². The highest BCUT2D eigenvalue weighted by atomic mass is 16.5. The van der Waals surface area contributed by atoms with E-state index in [1.165, 1.54) is 18.2 Å². The van der Waals surface area contributed by atoms with Crippen LogP contribution in [-0.2, 0) is 6.61 Å². The Balaban J connectivity index is 1.81. The fourth-order valence-corrected chi connectivity index (χ4v) is 3.34. The molecule has 3 aromatic rings. The maximum Gasteiger partial charge on any atom is 0.336 e. The van der Waals surface area contributed by atoms with Crippen LogP contribution in [-0.4, -0.2) is 27.9 Å². The molecule has 6 nitrogen and oxygen atoms in total. The topological polar surface area (TPSA) is 101 Å². The van der Waals surface area contributed by atoms with Gasteiger partial charge in [-0.15, -0.1) is 0 Å². The molecule has 0 radical (unpaired) electrons. The fourth-order valence-electron chi connectivity index (χ4n) is 3.34. The van der Waals surface area contributed by atoms with Gasteiger partial charge in [0, 0.05) is 12.0 Å². The van der Waals surface area contributed by atoms with Crippen molar-refractivity contribution in [2.75, 3.05) is 0 Å². The van der Waals surface area contributed by atoms with E-state index in [1.54, 1.807) is 0 Å². The number of carboxylic acid groups (broad SMARTS) is 2.